The van der Waals surface area contributed by atoms with Gasteiger partial charge in [-0.1, -0.05) is 39.7 Å². The van der Waals surface area contributed by atoms with Gasteiger partial charge < -0.3 is 5.32 Å². The lowest BCUT2D eigenvalue weighted by atomic mass is 10.1. The highest BCUT2D eigenvalue weighted by Crippen LogP contribution is 2.20. The Balaban J connectivity index is 2.09. The SMILES string of the molecule is N#Cc1ccc(CNc2cccc(Br)c2)c(Cl)c1. The second-order valence-corrected chi connectivity index (χ2v) is 5.10. The van der Waals surface area contributed by atoms with Crippen LogP contribution in [0.15, 0.2) is 46.9 Å². The van der Waals surface area contributed by atoms with Crippen molar-refractivity contribution in [2.45, 2.75) is 6.54 Å². The number of hydrogen-bond donors (Lipinski definition) is 1. The first-order valence-electron chi connectivity index (χ1n) is 5.37. The zero-order valence-electron chi connectivity index (χ0n) is 9.45. The maximum Gasteiger partial charge on any atom is 0.0992 e. The van der Waals surface area contributed by atoms with Gasteiger partial charge in [0.25, 0.3) is 0 Å². The molecule has 4 heteroatoms. The zero-order chi connectivity index (χ0) is 13.0. The molecule has 0 aliphatic carbocycles. The van der Waals surface area contributed by atoms with Gasteiger partial charge >= 0.3 is 0 Å². The first-order chi connectivity index (χ1) is 8.69. The number of rotatable bonds is 3. The van der Waals surface area contributed by atoms with Crippen molar-refractivity contribution >= 4 is 33.2 Å². The van der Waals surface area contributed by atoms with Crippen molar-refractivity contribution in [1.82, 2.24) is 0 Å². The van der Waals surface area contributed by atoms with E-state index in [-0.39, 0.29) is 0 Å². The Labute approximate surface area is 119 Å². The van der Waals surface area contributed by atoms with Crippen molar-refractivity contribution in [2.75, 3.05) is 5.32 Å². The summed E-state index contributed by atoms with van der Waals surface area (Å²) in [4.78, 5) is 0. The number of nitrogens with zero attached hydrogens (tertiary/aromatic N) is 1. The highest BCUT2D eigenvalue weighted by Gasteiger charge is 2.02. The smallest absolute Gasteiger partial charge is 0.0992 e. The van der Waals surface area contributed by atoms with Crippen molar-refractivity contribution in [3.63, 3.8) is 0 Å². The van der Waals surface area contributed by atoms with E-state index in [2.05, 4.69) is 27.3 Å². The fourth-order valence-corrected chi connectivity index (χ4v) is 2.20. The van der Waals surface area contributed by atoms with Crippen LogP contribution in [0.1, 0.15) is 11.1 Å². The van der Waals surface area contributed by atoms with Crippen LogP contribution in [0.5, 0.6) is 0 Å². The molecule has 0 fully saturated rings. The molecule has 0 aromatic heterocycles. The Hall–Kier alpha value is -1.50. The van der Waals surface area contributed by atoms with Crippen LogP contribution in [0.3, 0.4) is 0 Å². The molecule has 0 spiro atoms. The molecule has 2 rings (SSSR count). The number of hydrogen-bond acceptors (Lipinski definition) is 2. The minimum Gasteiger partial charge on any atom is -0.381 e. The molecule has 0 heterocycles. The van der Waals surface area contributed by atoms with Crippen LogP contribution in [0, 0.1) is 11.3 Å². The molecule has 2 nitrogen and oxygen atoms in total. The second-order valence-electron chi connectivity index (χ2n) is 3.78. The number of anilines is 1. The number of halogens is 2. The quantitative estimate of drug-likeness (QED) is 0.897. The molecule has 0 bridgehead atoms. The number of nitriles is 1. The van der Waals surface area contributed by atoms with Crippen LogP contribution in [-0.4, -0.2) is 0 Å². The maximum atomic E-state index is 8.76. The average Bonchev–Trinajstić information content (AvgIpc) is 2.37. The summed E-state index contributed by atoms with van der Waals surface area (Å²) >= 11 is 9.52. The third-order valence-electron chi connectivity index (χ3n) is 2.49. The Bertz CT molecular complexity index is 605. The molecular formula is C14H10BrClN2. The fourth-order valence-electron chi connectivity index (χ4n) is 1.56. The van der Waals surface area contributed by atoms with E-state index in [0.29, 0.717) is 17.1 Å². The molecule has 2 aromatic rings. The lowest BCUT2D eigenvalue weighted by Gasteiger charge is -2.08. The Morgan fingerprint density at radius 2 is 2.06 bits per heavy atom. The molecule has 0 amide bonds. The zero-order valence-corrected chi connectivity index (χ0v) is 11.8. The standard InChI is InChI=1S/C14H10BrClN2/c15-12-2-1-3-13(7-12)18-9-11-5-4-10(8-17)6-14(11)16/h1-7,18H,9H2. The van der Waals surface area contributed by atoms with Gasteiger partial charge in [-0.3, -0.25) is 0 Å². The predicted octanol–water partition coefficient (Wildman–Crippen LogP) is 4.59. The summed E-state index contributed by atoms with van der Waals surface area (Å²) in [5.41, 5.74) is 2.56. The van der Waals surface area contributed by atoms with Crippen LogP contribution in [0.4, 0.5) is 5.69 Å². The van der Waals surface area contributed by atoms with Gasteiger partial charge in [0, 0.05) is 21.7 Å². The lowest BCUT2D eigenvalue weighted by molar-refractivity contribution is 1.15. The van der Waals surface area contributed by atoms with Gasteiger partial charge in [-0.25, -0.2) is 0 Å². The Morgan fingerprint density at radius 1 is 1.22 bits per heavy atom. The normalized spacial score (nSPS) is 9.83. The first kappa shape index (κ1) is 12.9. The van der Waals surface area contributed by atoms with Gasteiger partial charge in [0.2, 0.25) is 0 Å². The molecule has 18 heavy (non-hydrogen) atoms. The minimum absolute atomic E-state index is 0.575. The summed E-state index contributed by atoms with van der Waals surface area (Å²) in [7, 11) is 0. The van der Waals surface area contributed by atoms with Crippen molar-refractivity contribution < 1.29 is 0 Å². The third-order valence-corrected chi connectivity index (χ3v) is 3.33. The van der Waals surface area contributed by atoms with Crippen LogP contribution < -0.4 is 5.32 Å². The van der Waals surface area contributed by atoms with Gasteiger partial charge in [-0.15, -0.1) is 0 Å². The van der Waals surface area contributed by atoms with Crippen LogP contribution in [0.2, 0.25) is 5.02 Å². The summed E-state index contributed by atoms with van der Waals surface area (Å²) < 4.78 is 1.03. The largest absolute Gasteiger partial charge is 0.381 e. The van der Waals surface area contributed by atoms with Crippen LogP contribution in [0.25, 0.3) is 0 Å². The molecule has 0 saturated heterocycles. The van der Waals surface area contributed by atoms with E-state index in [9.17, 15) is 0 Å². The van der Waals surface area contributed by atoms with Crippen molar-refractivity contribution in [3.05, 3.63) is 63.1 Å². The fraction of sp³-hybridized carbons (Fsp3) is 0.0714. The van der Waals surface area contributed by atoms with Crippen LogP contribution in [-0.2, 0) is 6.54 Å². The summed E-state index contributed by atoms with van der Waals surface area (Å²) in [6.07, 6.45) is 0. The van der Waals surface area contributed by atoms with Gasteiger partial charge in [-0.05, 0) is 35.9 Å². The van der Waals surface area contributed by atoms with E-state index in [1.807, 2.05) is 30.3 Å². The predicted molar refractivity (Wildman–Crippen MR) is 77.6 cm³/mol. The minimum atomic E-state index is 0.575. The average molecular weight is 322 g/mol. The van der Waals surface area contributed by atoms with Crippen molar-refractivity contribution in [1.29, 1.82) is 5.26 Å². The summed E-state index contributed by atoms with van der Waals surface area (Å²) in [5.74, 6) is 0. The third kappa shape index (κ3) is 3.25. The first-order valence-corrected chi connectivity index (χ1v) is 6.54. The molecular weight excluding hydrogens is 312 g/mol. The summed E-state index contributed by atoms with van der Waals surface area (Å²) in [6.45, 7) is 0.626. The number of benzene rings is 2. The van der Waals surface area contributed by atoms with Gasteiger partial charge in [0.1, 0.15) is 0 Å². The van der Waals surface area contributed by atoms with Crippen molar-refractivity contribution in [3.8, 4) is 6.07 Å². The second kappa shape index (κ2) is 5.90. The van der Waals surface area contributed by atoms with E-state index < -0.39 is 0 Å². The molecule has 0 radical (unpaired) electrons. The van der Waals surface area contributed by atoms with Gasteiger partial charge in [-0.2, -0.15) is 5.26 Å². The van der Waals surface area contributed by atoms with E-state index >= 15 is 0 Å². The van der Waals surface area contributed by atoms with E-state index in [4.69, 9.17) is 16.9 Å². The van der Waals surface area contributed by atoms with Gasteiger partial charge in [0.15, 0.2) is 0 Å². The van der Waals surface area contributed by atoms with Crippen LogP contribution >= 0.6 is 27.5 Å². The molecule has 2 aromatic carbocycles. The van der Waals surface area contributed by atoms with Gasteiger partial charge in [0.05, 0.1) is 11.6 Å². The Morgan fingerprint density at radius 3 is 2.72 bits per heavy atom. The van der Waals surface area contributed by atoms with Crippen molar-refractivity contribution in [2.24, 2.45) is 0 Å². The summed E-state index contributed by atoms with van der Waals surface area (Å²) in [6, 6.07) is 15.3. The lowest BCUT2D eigenvalue weighted by Crippen LogP contribution is -2.00. The molecule has 0 aliphatic heterocycles. The van der Waals surface area contributed by atoms with E-state index in [0.717, 1.165) is 15.7 Å². The molecule has 90 valence electrons. The topological polar surface area (TPSA) is 35.8 Å². The molecule has 0 aliphatic rings. The molecule has 0 atom stereocenters. The number of nitrogens with one attached hydrogen (secondary N) is 1. The highest BCUT2D eigenvalue weighted by atomic mass is 79.9. The highest BCUT2D eigenvalue weighted by molar-refractivity contribution is 9.10. The molecule has 0 unspecified atom stereocenters. The van der Waals surface area contributed by atoms with E-state index in [1.54, 1.807) is 12.1 Å². The molecule has 0 saturated carbocycles. The van der Waals surface area contributed by atoms with E-state index in [1.165, 1.54) is 0 Å². The summed E-state index contributed by atoms with van der Waals surface area (Å²) in [5, 5.41) is 12.7. The maximum absolute atomic E-state index is 8.76. The monoisotopic (exact) mass is 320 g/mol. The molecule has 1 N–H and O–H groups in total. The Kier molecular flexibility index (Phi) is 4.24.